The second-order valence-corrected chi connectivity index (χ2v) is 8.84. The van der Waals surface area contributed by atoms with Gasteiger partial charge in [-0.3, -0.25) is 0 Å². The molecule has 178 valence electrons. The Morgan fingerprint density at radius 1 is 1.35 bits per heavy atom. The van der Waals surface area contributed by atoms with Gasteiger partial charge in [0.1, 0.15) is 17.2 Å². The van der Waals surface area contributed by atoms with Crippen molar-refractivity contribution in [3.63, 3.8) is 0 Å². The molecule has 1 aliphatic heterocycles. The molecule has 4 rings (SSSR count). The van der Waals surface area contributed by atoms with E-state index in [0.29, 0.717) is 47.4 Å². The highest BCUT2D eigenvalue weighted by molar-refractivity contribution is 6.45. The molecule has 2 aromatic heterocycles. The summed E-state index contributed by atoms with van der Waals surface area (Å²) in [6.07, 6.45) is 9.18. The van der Waals surface area contributed by atoms with Crippen LogP contribution in [-0.4, -0.2) is 51.3 Å². The minimum absolute atomic E-state index is 0.125. The smallest absolute Gasteiger partial charge is 0.340 e. The minimum Gasteiger partial charge on any atom is -0.493 e. The van der Waals surface area contributed by atoms with Crippen LogP contribution in [0.1, 0.15) is 20.3 Å². The number of hydrogen-bond acceptors (Lipinski definition) is 6. The number of carbonyl (C=O) groups is 1. The van der Waals surface area contributed by atoms with Crippen molar-refractivity contribution in [1.29, 1.82) is 0 Å². The van der Waals surface area contributed by atoms with Crippen LogP contribution in [0.2, 0.25) is 10.0 Å². The Bertz CT molecular complexity index is 1260. The average molecular weight is 502 g/mol. The first kappa shape index (κ1) is 23.9. The van der Waals surface area contributed by atoms with Gasteiger partial charge in [-0.15, -0.1) is 0 Å². The van der Waals surface area contributed by atoms with E-state index in [-0.39, 0.29) is 11.6 Å². The number of fused-ring (bicyclic) bond motifs is 1. The first-order valence-electron chi connectivity index (χ1n) is 10.9. The van der Waals surface area contributed by atoms with Crippen LogP contribution in [0.25, 0.3) is 16.6 Å². The molecule has 0 atom stereocenters. The van der Waals surface area contributed by atoms with Gasteiger partial charge in [0, 0.05) is 49.2 Å². The Hall–Kier alpha value is -3.23. The number of carboxylic acids is 1. The van der Waals surface area contributed by atoms with Gasteiger partial charge in [-0.2, -0.15) is 0 Å². The molecule has 0 saturated carbocycles. The van der Waals surface area contributed by atoms with Crippen LogP contribution < -0.4 is 10.2 Å². The van der Waals surface area contributed by atoms with E-state index in [1.54, 1.807) is 24.7 Å². The monoisotopic (exact) mass is 501 g/mol. The quantitative estimate of drug-likeness (QED) is 0.406. The number of pyridine rings is 1. The summed E-state index contributed by atoms with van der Waals surface area (Å²) >= 11 is 12.8. The van der Waals surface area contributed by atoms with Crippen LogP contribution in [0.3, 0.4) is 0 Å². The molecule has 0 saturated heterocycles. The SMILES string of the molecule is CC(C)N(CCCOC1=CCNC=C1C(=O)O)c1cc(-n2ccnc2)c2ccc(Cl)c(Cl)c2n1. The van der Waals surface area contributed by atoms with Crippen LogP contribution in [0.4, 0.5) is 5.82 Å². The van der Waals surface area contributed by atoms with E-state index in [4.69, 9.17) is 32.9 Å². The molecule has 3 heterocycles. The number of imidazole rings is 1. The zero-order valence-corrected chi connectivity index (χ0v) is 20.3. The number of aromatic nitrogens is 3. The number of hydrogen-bond donors (Lipinski definition) is 2. The van der Waals surface area contributed by atoms with E-state index < -0.39 is 5.97 Å². The van der Waals surface area contributed by atoms with Crippen LogP contribution in [0, 0.1) is 0 Å². The molecule has 0 bridgehead atoms. The molecule has 0 radical (unpaired) electrons. The maximum absolute atomic E-state index is 11.4. The highest BCUT2D eigenvalue weighted by Crippen LogP contribution is 2.35. The molecule has 0 spiro atoms. The van der Waals surface area contributed by atoms with Gasteiger partial charge in [-0.1, -0.05) is 23.2 Å². The maximum Gasteiger partial charge on any atom is 0.340 e. The summed E-state index contributed by atoms with van der Waals surface area (Å²) in [5.74, 6) is 0.114. The fourth-order valence-corrected chi connectivity index (χ4v) is 4.18. The zero-order valence-electron chi connectivity index (χ0n) is 18.8. The lowest BCUT2D eigenvalue weighted by molar-refractivity contribution is -0.132. The van der Waals surface area contributed by atoms with Crippen molar-refractivity contribution < 1.29 is 14.6 Å². The topological polar surface area (TPSA) is 92.5 Å². The molecular weight excluding hydrogens is 477 g/mol. The van der Waals surface area contributed by atoms with Crippen molar-refractivity contribution in [3.05, 3.63) is 70.6 Å². The number of nitrogens with zero attached hydrogens (tertiary/aromatic N) is 4. The molecule has 0 unspecified atom stereocenters. The number of anilines is 1. The van der Waals surface area contributed by atoms with Crippen molar-refractivity contribution in [1.82, 2.24) is 19.9 Å². The molecule has 1 aliphatic rings. The van der Waals surface area contributed by atoms with Gasteiger partial charge in [0.25, 0.3) is 0 Å². The summed E-state index contributed by atoms with van der Waals surface area (Å²) in [6.45, 7) is 5.72. The summed E-state index contributed by atoms with van der Waals surface area (Å²) < 4.78 is 7.70. The van der Waals surface area contributed by atoms with Crippen LogP contribution in [0.15, 0.2) is 60.5 Å². The standard InChI is InChI=1S/C24H25Cl2N5O3/c1-15(2)31(9-3-11-34-20-6-7-27-13-17(20)24(32)33)21-12-19(30-10-8-28-14-30)16-4-5-18(25)22(26)23(16)29-21/h4-6,8,10,12-15,27H,3,7,9,11H2,1-2H3,(H,32,33). The first-order valence-corrected chi connectivity index (χ1v) is 11.7. The molecule has 8 nitrogen and oxygen atoms in total. The Morgan fingerprint density at radius 3 is 2.88 bits per heavy atom. The Kier molecular flexibility index (Phi) is 7.29. The summed E-state index contributed by atoms with van der Waals surface area (Å²) in [5.41, 5.74) is 1.64. The third-order valence-corrected chi connectivity index (χ3v) is 6.28. The molecule has 0 amide bonds. The number of halogens is 2. The minimum atomic E-state index is -1.02. The van der Waals surface area contributed by atoms with E-state index in [2.05, 4.69) is 29.0 Å². The maximum atomic E-state index is 11.4. The highest BCUT2D eigenvalue weighted by atomic mass is 35.5. The van der Waals surface area contributed by atoms with Crippen molar-refractivity contribution in [2.45, 2.75) is 26.3 Å². The van der Waals surface area contributed by atoms with Crippen LogP contribution in [0.5, 0.6) is 0 Å². The van der Waals surface area contributed by atoms with Gasteiger partial charge < -0.3 is 24.6 Å². The third kappa shape index (κ3) is 4.98. The summed E-state index contributed by atoms with van der Waals surface area (Å²) in [7, 11) is 0. The van der Waals surface area contributed by atoms with Gasteiger partial charge >= 0.3 is 5.97 Å². The van der Waals surface area contributed by atoms with Gasteiger partial charge in [0.05, 0.1) is 34.2 Å². The number of ether oxygens (including phenoxy) is 1. The largest absolute Gasteiger partial charge is 0.493 e. The van der Waals surface area contributed by atoms with Crippen molar-refractivity contribution in [2.75, 3.05) is 24.6 Å². The predicted molar refractivity (Wildman–Crippen MR) is 134 cm³/mol. The number of carboxylic acid groups (broad SMARTS) is 1. The molecule has 1 aromatic carbocycles. The van der Waals surface area contributed by atoms with Gasteiger partial charge in [-0.25, -0.2) is 14.8 Å². The van der Waals surface area contributed by atoms with E-state index in [0.717, 1.165) is 16.9 Å². The van der Waals surface area contributed by atoms with Crippen molar-refractivity contribution >= 4 is 45.9 Å². The van der Waals surface area contributed by atoms with Crippen molar-refractivity contribution in [3.8, 4) is 5.69 Å². The lowest BCUT2D eigenvalue weighted by Crippen LogP contribution is -2.33. The zero-order chi connectivity index (χ0) is 24.2. The number of dihydropyridines is 1. The predicted octanol–water partition coefficient (Wildman–Crippen LogP) is 4.80. The van der Waals surface area contributed by atoms with E-state index in [9.17, 15) is 9.90 Å². The second-order valence-electron chi connectivity index (χ2n) is 8.06. The molecule has 0 fully saturated rings. The van der Waals surface area contributed by atoms with E-state index in [1.165, 1.54) is 6.20 Å². The van der Waals surface area contributed by atoms with Gasteiger partial charge in [0.15, 0.2) is 0 Å². The lowest BCUT2D eigenvalue weighted by atomic mass is 10.1. The second kappa shape index (κ2) is 10.4. The Balaban J connectivity index is 1.58. The van der Waals surface area contributed by atoms with Crippen LogP contribution >= 0.6 is 23.2 Å². The van der Waals surface area contributed by atoms with E-state index in [1.807, 2.05) is 22.9 Å². The molecular formula is C24H25Cl2N5O3. The molecule has 3 aromatic rings. The number of aliphatic carboxylic acids is 1. The number of nitrogens with one attached hydrogen (secondary N) is 1. The van der Waals surface area contributed by atoms with Crippen LogP contribution in [-0.2, 0) is 9.53 Å². The van der Waals surface area contributed by atoms with E-state index >= 15 is 0 Å². The normalized spacial score (nSPS) is 13.4. The molecule has 2 N–H and O–H groups in total. The number of benzene rings is 1. The fourth-order valence-electron chi connectivity index (χ4n) is 3.82. The number of rotatable bonds is 9. The molecule has 0 aliphatic carbocycles. The molecule has 34 heavy (non-hydrogen) atoms. The van der Waals surface area contributed by atoms with Gasteiger partial charge in [0.2, 0.25) is 0 Å². The Morgan fingerprint density at radius 2 is 2.18 bits per heavy atom. The summed E-state index contributed by atoms with van der Waals surface area (Å²) in [5, 5.41) is 13.9. The average Bonchev–Trinajstić information content (AvgIpc) is 3.36. The summed E-state index contributed by atoms with van der Waals surface area (Å²) in [4.78, 5) is 22.6. The lowest BCUT2D eigenvalue weighted by Gasteiger charge is -2.29. The Labute approximate surface area is 207 Å². The highest BCUT2D eigenvalue weighted by Gasteiger charge is 2.20. The molecule has 10 heteroatoms. The fraction of sp³-hybridized carbons (Fsp3) is 0.292. The summed E-state index contributed by atoms with van der Waals surface area (Å²) in [6, 6.07) is 5.83. The van der Waals surface area contributed by atoms with Gasteiger partial charge in [-0.05, 0) is 38.5 Å². The van der Waals surface area contributed by atoms with Crippen molar-refractivity contribution in [2.24, 2.45) is 0 Å². The third-order valence-electron chi connectivity index (χ3n) is 5.49. The first-order chi connectivity index (χ1) is 16.4.